The van der Waals surface area contributed by atoms with Crippen LogP contribution in [-0.4, -0.2) is 17.2 Å². The van der Waals surface area contributed by atoms with Crippen LogP contribution in [0.5, 0.6) is 11.5 Å². The number of pyridine rings is 1. The Morgan fingerprint density at radius 1 is 0.783 bits per heavy atom. The molecule has 0 fully saturated rings. The molecule has 3 rings (SSSR count). The van der Waals surface area contributed by atoms with Gasteiger partial charge in [0.05, 0.1) is 7.11 Å². The topological polar surface area (TPSA) is 42.4 Å². The number of hydrogen-bond donors (Lipinski definition) is 1. The first-order valence-electron chi connectivity index (χ1n) is 7.49. The van der Waals surface area contributed by atoms with Crippen LogP contribution >= 0.6 is 0 Å². The van der Waals surface area contributed by atoms with Gasteiger partial charge in [0.15, 0.2) is 0 Å². The third kappa shape index (κ3) is 2.78. The summed E-state index contributed by atoms with van der Waals surface area (Å²) < 4.78 is 5.27. The molecule has 3 nitrogen and oxygen atoms in total. The van der Waals surface area contributed by atoms with Gasteiger partial charge in [0, 0.05) is 17.8 Å². The molecule has 1 atom stereocenters. The Morgan fingerprint density at radius 2 is 1.26 bits per heavy atom. The summed E-state index contributed by atoms with van der Waals surface area (Å²) in [5.74, 6) is 1.09. The first kappa shape index (κ1) is 15.1. The van der Waals surface area contributed by atoms with Crippen molar-refractivity contribution in [3.05, 3.63) is 89.7 Å². The number of hydrogen-bond acceptors (Lipinski definition) is 3. The first-order valence-corrected chi connectivity index (χ1v) is 7.49. The van der Waals surface area contributed by atoms with E-state index in [2.05, 4.69) is 24.0 Å². The molecule has 3 heteroatoms. The fourth-order valence-electron chi connectivity index (χ4n) is 2.90. The van der Waals surface area contributed by atoms with Crippen molar-refractivity contribution in [3.8, 4) is 11.5 Å². The van der Waals surface area contributed by atoms with E-state index in [-0.39, 0.29) is 11.2 Å². The van der Waals surface area contributed by atoms with E-state index >= 15 is 0 Å². The van der Waals surface area contributed by atoms with Crippen LogP contribution < -0.4 is 4.74 Å². The molecular weight excluding hydrogens is 286 g/mol. The van der Waals surface area contributed by atoms with E-state index in [9.17, 15) is 5.11 Å². The zero-order chi connectivity index (χ0) is 16.3. The Hall–Kier alpha value is -2.81. The molecule has 0 bridgehead atoms. The maximum absolute atomic E-state index is 9.61. The van der Waals surface area contributed by atoms with Crippen LogP contribution in [0.4, 0.5) is 0 Å². The number of methoxy groups -OCH3 is 1. The molecule has 1 heterocycles. The Balaban J connectivity index is 2.18. The van der Waals surface area contributed by atoms with Crippen molar-refractivity contribution in [1.29, 1.82) is 0 Å². The maximum Gasteiger partial charge on any atom is 0.118 e. The van der Waals surface area contributed by atoms with Crippen molar-refractivity contribution in [2.24, 2.45) is 0 Å². The second-order valence-electron chi connectivity index (χ2n) is 5.64. The Morgan fingerprint density at radius 3 is 1.78 bits per heavy atom. The maximum atomic E-state index is 9.61. The molecule has 3 aromatic rings. The van der Waals surface area contributed by atoms with Gasteiger partial charge in [0.2, 0.25) is 0 Å². The van der Waals surface area contributed by atoms with E-state index in [0.29, 0.717) is 0 Å². The Labute approximate surface area is 136 Å². The van der Waals surface area contributed by atoms with Crippen molar-refractivity contribution in [2.45, 2.75) is 12.3 Å². The molecule has 0 spiro atoms. The number of phenols is 1. The van der Waals surface area contributed by atoms with Gasteiger partial charge in [-0.05, 0) is 60.0 Å². The highest BCUT2D eigenvalue weighted by Gasteiger charge is 2.31. The normalized spacial score (nSPS) is 13.3. The predicted molar refractivity (Wildman–Crippen MR) is 90.9 cm³/mol. The van der Waals surface area contributed by atoms with E-state index in [1.165, 1.54) is 0 Å². The van der Waals surface area contributed by atoms with Crippen LogP contribution in [-0.2, 0) is 5.41 Å². The fraction of sp³-hybridized carbons (Fsp3) is 0.150. The van der Waals surface area contributed by atoms with Crippen molar-refractivity contribution in [1.82, 2.24) is 4.98 Å². The quantitative estimate of drug-likeness (QED) is 0.787. The van der Waals surface area contributed by atoms with E-state index < -0.39 is 0 Å². The van der Waals surface area contributed by atoms with Gasteiger partial charge in [-0.2, -0.15) is 0 Å². The second kappa shape index (κ2) is 6.13. The average Bonchev–Trinajstić information content (AvgIpc) is 2.62. The van der Waals surface area contributed by atoms with Crippen molar-refractivity contribution in [3.63, 3.8) is 0 Å². The molecule has 1 aromatic heterocycles. The summed E-state index contributed by atoms with van der Waals surface area (Å²) in [5.41, 5.74) is 3.05. The number of aromatic nitrogens is 1. The Kier molecular flexibility index (Phi) is 4.02. The van der Waals surface area contributed by atoms with Gasteiger partial charge in [-0.25, -0.2) is 0 Å². The minimum absolute atomic E-state index is 0.264. The molecule has 0 radical (unpaired) electrons. The van der Waals surface area contributed by atoms with Crippen LogP contribution in [0, 0.1) is 0 Å². The lowest BCUT2D eigenvalue weighted by Gasteiger charge is -2.32. The number of aromatic hydroxyl groups is 1. The molecule has 0 aliphatic rings. The highest BCUT2D eigenvalue weighted by Crippen LogP contribution is 2.39. The predicted octanol–water partition coefficient (Wildman–Crippen LogP) is 4.15. The van der Waals surface area contributed by atoms with Crippen LogP contribution in [0.1, 0.15) is 23.6 Å². The molecule has 1 N–H and O–H groups in total. The molecule has 2 aromatic carbocycles. The summed E-state index contributed by atoms with van der Waals surface area (Å²) >= 11 is 0. The number of ether oxygens (including phenoxy) is 1. The summed E-state index contributed by atoms with van der Waals surface area (Å²) in [6.45, 7) is 2.18. The first-order chi connectivity index (χ1) is 11.1. The molecule has 1 unspecified atom stereocenters. The molecule has 116 valence electrons. The van der Waals surface area contributed by atoms with E-state index in [0.717, 1.165) is 22.4 Å². The van der Waals surface area contributed by atoms with Gasteiger partial charge in [0.25, 0.3) is 0 Å². The molecule has 0 amide bonds. The van der Waals surface area contributed by atoms with Crippen LogP contribution in [0.3, 0.4) is 0 Å². The molecule has 23 heavy (non-hydrogen) atoms. The fourth-order valence-corrected chi connectivity index (χ4v) is 2.90. The summed E-state index contributed by atoms with van der Waals surface area (Å²) in [6.07, 6.45) is 3.61. The zero-order valence-corrected chi connectivity index (χ0v) is 13.2. The van der Waals surface area contributed by atoms with Crippen molar-refractivity contribution < 1.29 is 9.84 Å². The van der Waals surface area contributed by atoms with Gasteiger partial charge in [-0.3, -0.25) is 4.98 Å². The van der Waals surface area contributed by atoms with Gasteiger partial charge >= 0.3 is 0 Å². The molecule has 0 aliphatic heterocycles. The van der Waals surface area contributed by atoms with Gasteiger partial charge in [-0.15, -0.1) is 0 Å². The van der Waals surface area contributed by atoms with Crippen molar-refractivity contribution >= 4 is 0 Å². The zero-order valence-electron chi connectivity index (χ0n) is 13.2. The highest BCUT2D eigenvalue weighted by molar-refractivity contribution is 5.50. The van der Waals surface area contributed by atoms with Crippen LogP contribution in [0.2, 0.25) is 0 Å². The van der Waals surface area contributed by atoms with Crippen LogP contribution in [0.25, 0.3) is 0 Å². The lowest BCUT2D eigenvalue weighted by atomic mass is 9.71. The average molecular weight is 305 g/mol. The highest BCUT2D eigenvalue weighted by atomic mass is 16.5. The van der Waals surface area contributed by atoms with Gasteiger partial charge < -0.3 is 9.84 Å². The summed E-state index contributed by atoms with van der Waals surface area (Å²) in [7, 11) is 1.66. The smallest absolute Gasteiger partial charge is 0.118 e. The minimum atomic E-state index is -0.344. The summed E-state index contributed by atoms with van der Waals surface area (Å²) in [6, 6.07) is 19.5. The van der Waals surface area contributed by atoms with E-state index in [1.54, 1.807) is 31.6 Å². The number of nitrogens with zero attached hydrogens (tertiary/aromatic N) is 1. The third-order valence-corrected chi connectivity index (χ3v) is 4.37. The van der Waals surface area contributed by atoms with Gasteiger partial charge in [-0.1, -0.05) is 24.3 Å². The summed E-state index contributed by atoms with van der Waals surface area (Å²) in [5, 5.41) is 9.61. The van der Waals surface area contributed by atoms with Crippen molar-refractivity contribution in [2.75, 3.05) is 7.11 Å². The lowest BCUT2D eigenvalue weighted by Crippen LogP contribution is -2.25. The second-order valence-corrected chi connectivity index (χ2v) is 5.64. The number of rotatable bonds is 4. The van der Waals surface area contributed by atoms with E-state index in [4.69, 9.17) is 4.74 Å². The minimum Gasteiger partial charge on any atom is -0.508 e. The van der Waals surface area contributed by atoms with Gasteiger partial charge in [0.1, 0.15) is 11.5 Å². The number of benzene rings is 2. The largest absolute Gasteiger partial charge is 0.508 e. The lowest BCUT2D eigenvalue weighted by molar-refractivity contribution is 0.414. The molecule has 0 saturated heterocycles. The number of phenolic OH excluding ortho intramolecular Hbond substituents is 1. The monoisotopic (exact) mass is 305 g/mol. The van der Waals surface area contributed by atoms with E-state index in [1.807, 2.05) is 36.4 Å². The SMILES string of the molecule is COc1ccc(C(C)(c2ccncc2)c2ccc(O)cc2)cc1. The summed E-state index contributed by atoms with van der Waals surface area (Å²) in [4.78, 5) is 4.13. The third-order valence-electron chi connectivity index (χ3n) is 4.37. The molecule has 0 saturated carbocycles. The Bertz CT molecular complexity index is 767. The van der Waals surface area contributed by atoms with Crippen LogP contribution in [0.15, 0.2) is 73.1 Å². The molecular formula is C20H19NO2. The standard InChI is InChI=1S/C20H19NO2/c1-20(17-11-13-21-14-12-17,15-3-7-18(22)8-4-15)16-5-9-19(23-2)10-6-16/h3-14,22H,1-2H3. The molecule has 0 aliphatic carbocycles.